The summed E-state index contributed by atoms with van der Waals surface area (Å²) in [6, 6.07) is 5.32. The fraction of sp³-hybridized carbons (Fsp3) is 0.462. The molecule has 108 valence electrons. The van der Waals surface area contributed by atoms with Gasteiger partial charge in [0, 0.05) is 32.7 Å². The predicted octanol–water partition coefficient (Wildman–Crippen LogP) is 1.80. The van der Waals surface area contributed by atoms with Crippen molar-refractivity contribution in [3.8, 4) is 0 Å². The molecule has 0 radical (unpaired) electrons. The van der Waals surface area contributed by atoms with E-state index in [2.05, 4.69) is 15.6 Å². The van der Waals surface area contributed by atoms with Crippen LogP contribution in [0.25, 0.3) is 0 Å². The van der Waals surface area contributed by atoms with Crippen LogP contribution >= 0.6 is 24.0 Å². The Morgan fingerprint density at radius 1 is 1.37 bits per heavy atom. The first-order chi connectivity index (χ1) is 8.56. The van der Waals surface area contributed by atoms with E-state index in [1.54, 1.807) is 20.2 Å². The lowest BCUT2D eigenvalue weighted by Gasteiger charge is -2.12. The molecular formula is C13H22FIN4. The van der Waals surface area contributed by atoms with Crippen molar-refractivity contribution in [1.29, 1.82) is 0 Å². The van der Waals surface area contributed by atoms with Gasteiger partial charge in [-0.1, -0.05) is 12.1 Å². The summed E-state index contributed by atoms with van der Waals surface area (Å²) in [7, 11) is 7.33. The molecule has 19 heavy (non-hydrogen) atoms. The number of hydrogen-bond acceptors (Lipinski definition) is 2. The van der Waals surface area contributed by atoms with E-state index in [9.17, 15) is 4.39 Å². The van der Waals surface area contributed by atoms with Gasteiger partial charge >= 0.3 is 0 Å². The standard InChI is InChI=1S/C13H21FN4.HI/c1-15-13(16-2)17-8-10-5-6-11(9-18(3)4)12(14)7-10;/h5-7H,8-9H2,1-4H3,(H2,15,16,17);1H. The zero-order chi connectivity index (χ0) is 13.5. The molecule has 0 saturated carbocycles. The second-order valence-electron chi connectivity index (χ2n) is 4.34. The molecule has 0 saturated heterocycles. The Bertz CT molecular complexity index is 421. The molecule has 0 bridgehead atoms. The maximum Gasteiger partial charge on any atom is 0.190 e. The van der Waals surface area contributed by atoms with Gasteiger partial charge in [-0.2, -0.15) is 0 Å². The molecule has 0 aliphatic rings. The van der Waals surface area contributed by atoms with Crippen molar-refractivity contribution in [2.75, 3.05) is 28.2 Å². The van der Waals surface area contributed by atoms with Crippen molar-refractivity contribution in [2.45, 2.75) is 13.1 Å². The molecule has 1 aromatic rings. The van der Waals surface area contributed by atoms with Crippen LogP contribution in [0.3, 0.4) is 0 Å². The lowest BCUT2D eigenvalue weighted by atomic mass is 10.1. The van der Waals surface area contributed by atoms with E-state index in [0.717, 1.165) is 5.56 Å². The van der Waals surface area contributed by atoms with Gasteiger partial charge in [-0.15, -0.1) is 24.0 Å². The summed E-state index contributed by atoms with van der Waals surface area (Å²) < 4.78 is 13.8. The molecule has 0 aliphatic carbocycles. The lowest BCUT2D eigenvalue weighted by Crippen LogP contribution is -2.34. The largest absolute Gasteiger partial charge is 0.359 e. The van der Waals surface area contributed by atoms with Gasteiger partial charge in [0.15, 0.2) is 5.96 Å². The Balaban J connectivity index is 0.00000324. The lowest BCUT2D eigenvalue weighted by molar-refractivity contribution is 0.392. The van der Waals surface area contributed by atoms with Gasteiger partial charge < -0.3 is 15.5 Å². The van der Waals surface area contributed by atoms with Crippen LogP contribution in [0.4, 0.5) is 4.39 Å². The molecule has 1 aromatic carbocycles. The topological polar surface area (TPSA) is 39.7 Å². The first-order valence-corrected chi connectivity index (χ1v) is 5.87. The highest BCUT2D eigenvalue weighted by Gasteiger charge is 2.05. The Hall–Kier alpha value is -0.890. The van der Waals surface area contributed by atoms with Crippen LogP contribution < -0.4 is 10.6 Å². The molecule has 4 nitrogen and oxygen atoms in total. The van der Waals surface area contributed by atoms with Crippen LogP contribution in [0.1, 0.15) is 11.1 Å². The van der Waals surface area contributed by atoms with Crippen LogP contribution in [0, 0.1) is 5.82 Å². The molecule has 0 fully saturated rings. The summed E-state index contributed by atoms with van der Waals surface area (Å²) >= 11 is 0. The van der Waals surface area contributed by atoms with Gasteiger partial charge in [0.1, 0.15) is 5.82 Å². The normalized spacial score (nSPS) is 11.2. The molecule has 0 unspecified atom stereocenters. The van der Waals surface area contributed by atoms with E-state index < -0.39 is 0 Å². The Kier molecular flexibility index (Phi) is 8.66. The van der Waals surface area contributed by atoms with Crippen LogP contribution in [-0.2, 0) is 13.1 Å². The highest BCUT2D eigenvalue weighted by atomic mass is 127. The van der Waals surface area contributed by atoms with Crippen LogP contribution in [0.5, 0.6) is 0 Å². The quantitative estimate of drug-likeness (QED) is 0.476. The predicted molar refractivity (Wildman–Crippen MR) is 88.5 cm³/mol. The molecule has 1 rings (SSSR count). The molecule has 0 aliphatic heterocycles. The summed E-state index contributed by atoms with van der Waals surface area (Å²) in [5, 5.41) is 6.00. The van der Waals surface area contributed by atoms with Gasteiger partial charge in [0.2, 0.25) is 0 Å². The van der Waals surface area contributed by atoms with Crippen LogP contribution in [-0.4, -0.2) is 39.1 Å². The van der Waals surface area contributed by atoms with Crippen molar-refractivity contribution in [3.63, 3.8) is 0 Å². The second kappa shape index (κ2) is 9.08. The van der Waals surface area contributed by atoms with E-state index in [1.807, 2.05) is 31.1 Å². The minimum absolute atomic E-state index is 0. The highest BCUT2D eigenvalue weighted by Crippen LogP contribution is 2.11. The highest BCUT2D eigenvalue weighted by molar-refractivity contribution is 14.0. The maximum absolute atomic E-state index is 13.8. The van der Waals surface area contributed by atoms with Crippen molar-refractivity contribution >= 4 is 29.9 Å². The number of rotatable bonds is 4. The molecule has 0 atom stereocenters. The van der Waals surface area contributed by atoms with Gasteiger partial charge in [0.25, 0.3) is 0 Å². The van der Waals surface area contributed by atoms with Crippen molar-refractivity contribution in [1.82, 2.24) is 15.5 Å². The summed E-state index contributed by atoms with van der Waals surface area (Å²) in [5.41, 5.74) is 1.60. The summed E-state index contributed by atoms with van der Waals surface area (Å²) in [5.74, 6) is 0.523. The third-order valence-electron chi connectivity index (χ3n) is 2.52. The smallest absolute Gasteiger partial charge is 0.190 e. The molecule has 2 N–H and O–H groups in total. The molecular weight excluding hydrogens is 358 g/mol. The van der Waals surface area contributed by atoms with Crippen molar-refractivity contribution < 1.29 is 4.39 Å². The third-order valence-corrected chi connectivity index (χ3v) is 2.52. The van der Waals surface area contributed by atoms with Gasteiger partial charge in [0.05, 0.1) is 0 Å². The van der Waals surface area contributed by atoms with E-state index in [0.29, 0.717) is 24.6 Å². The Morgan fingerprint density at radius 3 is 2.53 bits per heavy atom. The van der Waals surface area contributed by atoms with Crippen molar-refractivity contribution in [2.24, 2.45) is 4.99 Å². The monoisotopic (exact) mass is 380 g/mol. The fourth-order valence-electron chi connectivity index (χ4n) is 1.63. The number of nitrogens with one attached hydrogen (secondary N) is 2. The van der Waals surface area contributed by atoms with Crippen LogP contribution in [0.2, 0.25) is 0 Å². The second-order valence-corrected chi connectivity index (χ2v) is 4.34. The first kappa shape index (κ1) is 18.1. The van der Waals surface area contributed by atoms with Crippen molar-refractivity contribution in [3.05, 3.63) is 35.1 Å². The zero-order valence-corrected chi connectivity index (χ0v) is 14.2. The van der Waals surface area contributed by atoms with Gasteiger partial charge in [-0.05, 0) is 25.7 Å². The molecule has 0 aromatic heterocycles. The molecule has 0 heterocycles. The summed E-state index contributed by atoms with van der Waals surface area (Å²) in [4.78, 5) is 5.94. The number of aliphatic imine (C=N–C) groups is 1. The van der Waals surface area contributed by atoms with E-state index >= 15 is 0 Å². The van der Waals surface area contributed by atoms with Gasteiger partial charge in [-0.3, -0.25) is 4.99 Å². The summed E-state index contributed by atoms with van der Waals surface area (Å²) in [6.07, 6.45) is 0. The van der Waals surface area contributed by atoms with Crippen LogP contribution in [0.15, 0.2) is 23.2 Å². The SMILES string of the molecule is CN=C(NC)NCc1ccc(CN(C)C)c(F)c1.I. The van der Waals surface area contributed by atoms with E-state index in [-0.39, 0.29) is 29.8 Å². The first-order valence-electron chi connectivity index (χ1n) is 5.87. The Labute approximate surface area is 131 Å². The number of guanidine groups is 1. The molecule has 0 spiro atoms. The minimum Gasteiger partial charge on any atom is -0.359 e. The number of nitrogens with zero attached hydrogens (tertiary/aromatic N) is 2. The number of hydrogen-bond donors (Lipinski definition) is 2. The Morgan fingerprint density at radius 2 is 2.05 bits per heavy atom. The van der Waals surface area contributed by atoms with E-state index in [4.69, 9.17) is 0 Å². The van der Waals surface area contributed by atoms with E-state index in [1.165, 1.54) is 0 Å². The third kappa shape index (κ3) is 6.20. The zero-order valence-electron chi connectivity index (χ0n) is 11.8. The minimum atomic E-state index is -0.164. The maximum atomic E-state index is 13.8. The fourth-order valence-corrected chi connectivity index (χ4v) is 1.63. The average molecular weight is 380 g/mol. The average Bonchev–Trinajstić information content (AvgIpc) is 2.33. The molecule has 6 heteroatoms. The van der Waals surface area contributed by atoms with Gasteiger partial charge in [-0.25, -0.2) is 4.39 Å². The number of benzene rings is 1. The number of halogens is 2. The summed E-state index contributed by atoms with van der Waals surface area (Å²) in [6.45, 7) is 1.16. The molecule has 0 amide bonds.